The molecule has 3 aromatic rings. The number of carbonyl (C=O) groups is 1. The van der Waals surface area contributed by atoms with Gasteiger partial charge in [0.25, 0.3) is 0 Å². The first-order valence-electron chi connectivity index (χ1n) is 9.02. The van der Waals surface area contributed by atoms with Crippen LogP contribution < -0.4 is 10.1 Å². The Labute approximate surface area is 163 Å². The molecule has 6 heteroatoms. The molecule has 1 aromatic heterocycles. The van der Waals surface area contributed by atoms with Crippen LogP contribution in [0.1, 0.15) is 23.9 Å². The molecule has 0 aliphatic heterocycles. The average Bonchev–Trinajstić information content (AvgIpc) is 2.96. The van der Waals surface area contributed by atoms with Crippen LogP contribution in [0.15, 0.2) is 54.6 Å². The normalized spacial score (nSPS) is 11.0. The topological polar surface area (TPSA) is 56.1 Å². The van der Waals surface area contributed by atoms with E-state index in [0.29, 0.717) is 18.0 Å². The van der Waals surface area contributed by atoms with Gasteiger partial charge in [-0.05, 0) is 63.2 Å². The summed E-state index contributed by atoms with van der Waals surface area (Å²) in [6, 6.07) is 13.4. The quantitative estimate of drug-likeness (QED) is 0.633. The van der Waals surface area contributed by atoms with E-state index in [1.807, 2.05) is 39.0 Å². The first kappa shape index (κ1) is 19.4. The van der Waals surface area contributed by atoms with Crippen molar-refractivity contribution in [3.8, 4) is 11.4 Å². The molecule has 2 aromatic carbocycles. The van der Waals surface area contributed by atoms with Crippen molar-refractivity contribution in [1.29, 1.82) is 0 Å². The van der Waals surface area contributed by atoms with Crippen LogP contribution >= 0.6 is 0 Å². The van der Waals surface area contributed by atoms with Crippen LogP contribution in [-0.2, 0) is 4.79 Å². The van der Waals surface area contributed by atoms with Crippen molar-refractivity contribution in [2.24, 2.45) is 0 Å². The fourth-order valence-corrected chi connectivity index (χ4v) is 2.91. The number of halogens is 1. The third kappa shape index (κ3) is 4.28. The van der Waals surface area contributed by atoms with Gasteiger partial charge in [-0.3, -0.25) is 4.79 Å². The van der Waals surface area contributed by atoms with E-state index in [9.17, 15) is 9.18 Å². The lowest BCUT2D eigenvalue weighted by Crippen LogP contribution is -2.09. The molecule has 3 rings (SSSR count). The largest absolute Gasteiger partial charge is 0.492 e. The van der Waals surface area contributed by atoms with Crippen molar-refractivity contribution in [3.63, 3.8) is 0 Å². The van der Waals surface area contributed by atoms with Crippen LogP contribution in [0, 0.1) is 19.7 Å². The Morgan fingerprint density at radius 1 is 1.18 bits per heavy atom. The second-order valence-electron chi connectivity index (χ2n) is 6.22. The Balaban J connectivity index is 1.79. The summed E-state index contributed by atoms with van der Waals surface area (Å²) in [7, 11) is 0. The van der Waals surface area contributed by atoms with Crippen molar-refractivity contribution in [2.75, 3.05) is 11.9 Å². The Hall–Kier alpha value is -3.41. The zero-order valence-electron chi connectivity index (χ0n) is 16.1. The fraction of sp³-hybridized carbons (Fsp3) is 0.182. The molecule has 0 aliphatic rings. The SMILES string of the molecule is CCOc1ccccc1NC(=O)/C=C/c1c(C)nn(-c2ccc(F)cc2)c1C. The molecule has 28 heavy (non-hydrogen) atoms. The number of para-hydroxylation sites is 2. The summed E-state index contributed by atoms with van der Waals surface area (Å²) in [4.78, 5) is 12.4. The molecular formula is C22H22FN3O2. The van der Waals surface area contributed by atoms with Crippen molar-refractivity contribution in [1.82, 2.24) is 9.78 Å². The molecule has 0 atom stereocenters. The first-order chi connectivity index (χ1) is 13.5. The highest BCUT2D eigenvalue weighted by molar-refractivity contribution is 6.02. The Morgan fingerprint density at radius 3 is 2.61 bits per heavy atom. The number of aryl methyl sites for hydroxylation is 1. The van der Waals surface area contributed by atoms with E-state index in [4.69, 9.17) is 4.74 Å². The second kappa shape index (κ2) is 8.52. The minimum absolute atomic E-state index is 0.263. The van der Waals surface area contributed by atoms with Crippen molar-refractivity contribution in [3.05, 3.63) is 77.4 Å². The monoisotopic (exact) mass is 379 g/mol. The molecule has 1 heterocycles. The van der Waals surface area contributed by atoms with Crippen LogP contribution in [0.4, 0.5) is 10.1 Å². The third-order valence-electron chi connectivity index (χ3n) is 4.26. The van der Waals surface area contributed by atoms with Gasteiger partial charge in [0.15, 0.2) is 0 Å². The number of hydrogen-bond donors (Lipinski definition) is 1. The van der Waals surface area contributed by atoms with Crippen LogP contribution in [0.25, 0.3) is 11.8 Å². The third-order valence-corrected chi connectivity index (χ3v) is 4.26. The number of anilines is 1. The van der Waals surface area contributed by atoms with E-state index < -0.39 is 0 Å². The van der Waals surface area contributed by atoms with Gasteiger partial charge < -0.3 is 10.1 Å². The molecule has 0 aliphatic carbocycles. The van der Waals surface area contributed by atoms with Gasteiger partial charge in [0.05, 0.1) is 23.7 Å². The zero-order chi connectivity index (χ0) is 20.1. The lowest BCUT2D eigenvalue weighted by atomic mass is 10.2. The summed E-state index contributed by atoms with van der Waals surface area (Å²) < 4.78 is 20.4. The molecule has 0 radical (unpaired) electrons. The number of rotatable bonds is 6. The Morgan fingerprint density at radius 2 is 1.89 bits per heavy atom. The van der Waals surface area contributed by atoms with Crippen molar-refractivity contribution >= 4 is 17.7 Å². The summed E-state index contributed by atoms with van der Waals surface area (Å²) in [5.41, 5.74) is 3.87. The molecule has 144 valence electrons. The van der Waals surface area contributed by atoms with Crippen LogP contribution in [0.5, 0.6) is 5.75 Å². The number of ether oxygens (including phenoxy) is 1. The molecule has 0 fully saturated rings. The van der Waals surface area contributed by atoms with Gasteiger partial charge >= 0.3 is 0 Å². The zero-order valence-corrected chi connectivity index (χ0v) is 16.1. The molecule has 5 nitrogen and oxygen atoms in total. The summed E-state index contributed by atoms with van der Waals surface area (Å²) >= 11 is 0. The van der Waals surface area contributed by atoms with E-state index in [-0.39, 0.29) is 11.7 Å². The molecule has 0 unspecified atom stereocenters. The van der Waals surface area contributed by atoms with E-state index in [1.54, 1.807) is 29.0 Å². The van der Waals surface area contributed by atoms with Gasteiger partial charge in [-0.1, -0.05) is 12.1 Å². The maximum absolute atomic E-state index is 13.2. The number of nitrogens with one attached hydrogen (secondary N) is 1. The van der Waals surface area contributed by atoms with Gasteiger partial charge in [-0.25, -0.2) is 9.07 Å². The number of amides is 1. The summed E-state index contributed by atoms with van der Waals surface area (Å²) in [6.45, 7) is 6.19. The van der Waals surface area contributed by atoms with Crippen LogP contribution in [0.3, 0.4) is 0 Å². The predicted octanol–water partition coefficient (Wildman–Crippen LogP) is 4.68. The first-order valence-corrected chi connectivity index (χ1v) is 9.02. The van der Waals surface area contributed by atoms with Gasteiger partial charge in [-0.2, -0.15) is 5.10 Å². The maximum atomic E-state index is 13.2. The van der Waals surface area contributed by atoms with Crippen molar-refractivity contribution < 1.29 is 13.9 Å². The number of carbonyl (C=O) groups excluding carboxylic acids is 1. The van der Waals surface area contributed by atoms with Crippen LogP contribution in [-0.4, -0.2) is 22.3 Å². The average molecular weight is 379 g/mol. The van der Waals surface area contributed by atoms with Gasteiger partial charge in [-0.15, -0.1) is 0 Å². The number of aromatic nitrogens is 2. The van der Waals surface area contributed by atoms with E-state index in [1.165, 1.54) is 18.2 Å². The van der Waals surface area contributed by atoms with Crippen LogP contribution in [0.2, 0.25) is 0 Å². The molecule has 1 amide bonds. The molecule has 0 saturated carbocycles. The molecule has 0 saturated heterocycles. The summed E-state index contributed by atoms with van der Waals surface area (Å²) in [5.74, 6) is 0.0677. The van der Waals surface area contributed by atoms with Crippen molar-refractivity contribution in [2.45, 2.75) is 20.8 Å². The van der Waals surface area contributed by atoms with E-state index in [0.717, 1.165) is 22.6 Å². The smallest absolute Gasteiger partial charge is 0.248 e. The number of hydrogen-bond acceptors (Lipinski definition) is 3. The Bertz CT molecular complexity index is 1010. The van der Waals surface area contributed by atoms with E-state index in [2.05, 4.69) is 10.4 Å². The van der Waals surface area contributed by atoms with E-state index >= 15 is 0 Å². The predicted molar refractivity (Wildman–Crippen MR) is 108 cm³/mol. The number of benzene rings is 2. The lowest BCUT2D eigenvalue weighted by molar-refractivity contribution is -0.111. The highest BCUT2D eigenvalue weighted by Crippen LogP contribution is 2.24. The number of nitrogens with zero attached hydrogens (tertiary/aromatic N) is 2. The maximum Gasteiger partial charge on any atom is 0.248 e. The van der Waals surface area contributed by atoms with Gasteiger partial charge in [0, 0.05) is 17.3 Å². The lowest BCUT2D eigenvalue weighted by Gasteiger charge is -2.09. The molecule has 0 spiro atoms. The standard InChI is InChI=1S/C22H22FN3O2/c1-4-28-21-8-6-5-7-20(21)24-22(27)14-13-19-15(2)25-26(16(19)3)18-11-9-17(23)10-12-18/h5-14H,4H2,1-3H3,(H,24,27)/b14-13+. The summed E-state index contributed by atoms with van der Waals surface area (Å²) in [6.07, 6.45) is 3.20. The summed E-state index contributed by atoms with van der Waals surface area (Å²) in [5, 5.41) is 7.33. The highest BCUT2D eigenvalue weighted by Gasteiger charge is 2.11. The fourth-order valence-electron chi connectivity index (χ4n) is 2.91. The van der Waals surface area contributed by atoms with Gasteiger partial charge in [0.1, 0.15) is 11.6 Å². The molecular weight excluding hydrogens is 357 g/mol. The minimum Gasteiger partial charge on any atom is -0.492 e. The van der Waals surface area contributed by atoms with Gasteiger partial charge in [0.2, 0.25) is 5.91 Å². The molecule has 0 bridgehead atoms. The second-order valence-corrected chi connectivity index (χ2v) is 6.22. The Kier molecular flexibility index (Phi) is 5.89. The minimum atomic E-state index is -0.297. The molecule has 1 N–H and O–H groups in total. The highest BCUT2D eigenvalue weighted by atomic mass is 19.1.